The van der Waals surface area contributed by atoms with E-state index >= 15 is 0 Å². The highest BCUT2D eigenvalue weighted by molar-refractivity contribution is 6.19. The molecule has 1 spiro atoms. The van der Waals surface area contributed by atoms with Gasteiger partial charge in [0, 0.05) is 62.4 Å². The van der Waals surface area contributed by atoms with Gasteiger partial charge >= 0.3 is 11.9 Å². The van der Waals surface area contributed by atoms with Crippen molar-refractivity contribution in [3.05, 3.63) is 39.4 Å². The van der Waals surface area contributed by atoms with Crippen molar-refractivity contribution in [1.82, 2.24) is 4.90 Å². The van der Waals surface area contributed by atoms with E-state index in [-0.39, 0.29) is 11.3 Å². The molecule has 30 heavy (non-hydrogen) atoms. The van der Waals surface area contributed by atoms with E-state index in [4.69, 9.17) is 9.47 Å². The van der Waals surface area contributed by atoms with Crippen molar-refractivity contribution in [2.45, 2.75) is 37.9 Å². The van der Waals surface area contributed by atoms with E-state index < -0.39 is 22.6 Å². The number of likely N-dealkylation sites (N-methyl/N-ethyl adjacent to an activating group) is 1. The van der Waals surface area contributed by atoms with Crippen LogP contribution in [-0.4, -0.2) is 60.8 Å². The molecule has 4 rings (SSSR count). The summed E-state index contributed by atoms with van der Waals surface area (Å²) in [6.07, 6.45) is 5.04. The Labute approximate surface area is 174 Å². The number of carbonyl (C=O) groups is 2. The zero-order valence-corrected chi connectivity index (χ0v) is 17.0. The standard InChI is InChI=1S/C21H25N3O6/c1-22-9-11-23(12-10-22)18-6-5-16(24(27)28)13-15(18)14-17-19(25)29-21(30-20(17)26)7-3-2-4-8-21/h5-6,13-14H,2-4,7-12H2,1H3. The Morgan fingerprint density at radius 2 is 1.67 bits per heavy atom. The van der Waals surface area contributed by atoms with Gasteiger partial charge in [0.05, 0.1) is 4.92 Å². The Morgan fingerprint density at radius 3 is 2.27 bits per heavy atom. The van der Waals surface area contributed by atoms with E-state index in [1.807, 2.05) is 7.05 Å². The summed E-state index contributed by atoms with van der Waals surface area (Å²) < 4.78 is 11.1. The number of esters is 2. The van der Waals surface area contributed by atoms with Gasteiger partial charge in [-0.15, -0.1) is 0 Å². The summed E-state index contributed by atoms with van der Waals surface area (Å²) in [6, 6.07) is 4.48. The van der Waals surface area contributed by atoms with Crippen molar-refractivity contribution in [1.29, 1.82) is 0 Å². The molecule has 0 radical (unpaired) electrons. The largest absolute Gasteiger partial charge is 0.419 e. The molecule has 2 saturated heterocycles. The normalized spacial score (nSPS) is 21.9. The summed E-state index contributed by atoms with van der Waals surface area (Å²) in [5, 5.41) is 11.3. The van der Waals surface area contributed by atoms with E-state index in [9.17, 15) is 19.7 Å². The third-order valence-electron chi connectivity index (χ3n) is 5.98. The SMILES string of the molecule is CN1CCN(c2ccc([N+](=O)[O-])cc2C=C2C(=O)OC3(CCCCC3)OC2=O)CC1. The number of rotatable bonds is 3. The topological polar surface area (TPSA) is 102 Å². The number of hydrogen-bond donors (Lipinski definition) is 0. The molecule has 0 N–H and O–H groups in total. The molecule has 1 aliphatic carbocycles. The van der Waals surface area contributed by atoms with Crippen molar-refractivity contribution in [3.8, 4) is 0 Å². The molecule has 0 unspecified atom stereocenters. The predicted octanol–water partition coefficient (Wildman–Crippen LogP) is 2.49. The van der Waals surface area contributed by atoms with Crippen molar-refractivity contribution in [3.63, 3.8) is 0 Å². The minimum Gasteiger partial charge on any atom is -0.419 e. The fourth-order valence-electron chi connectivity index (χ4n) is 4.23. The molecular formula is C21H25N3O6. The molecule has 9 heteroatoms. The van der Waals surface area contributed by atoms with Crippen molar-refractivity contribution >= 4 is 29.4 Å². The summed E-state index contributed by atoms with van der Waals surface area (Å²) in [5.41, 5.74) is 0.820. The smallest absolute Gasteiger partial charge is 0.348 e. The second-order valence-electron chi connectivity index (χ2n) is 8.10. The fraction of sp³-hybridized carbons (Fsp3) is 0.524. The number of anilines is 1. The van der Waals surface area contributed by atoms with Crippen LogP contribution in [0.5, 0.6) is 0 Å². The van der Waals surface area contributed by atoms with E-state index in [2.05, 4.69) is 9.80 Å². The first-order valence-corrected chi connectivity index (χ1v) is 10.3. The number of nitro groups is 1. The van der Waals surface area contributed by atoms with Crippen LogP contribution < -0.4 is 4.90 Å². The van der Waals surface area contributed by atoms with E-state index in [0.717, 1.165) is 51.1 Å². The van der Waals surface area contributed by atoms with Crippen LogP contribution in [0.2, 0.25) is 0 Å². The van der Waals surface area contributed by atoms with Crippen LogP contribution in [0.15, 0.2) is 23.8 Å². The molecule has 9 nitrogen and oxygen atoms in total. The van der Waals surface area contributed by atoms with Gasteiger partial charge in [-0.2, -0.15) is 0 Å². The van der Waals surface area contributed by atoms with Crippen LogP contribution >= 0.6 is 0 Å². The van der Waals surface area contributed by atoms with Gasteiger partial charge in [0.2, 0.25) is 0 Å². The number of non-ortho nitro benzene ring substituents is 1. The maximum atomic E-state index is 12.7. The average Bonchev–Trinajstić information content (AvgIpc) is 2.72. The maximum absolute atomic E-state index is 12.7. The van der Waals surface area contributed by atoms with Crippen molar-refractivity contribution < 1.29 is 24.0 Å². The van der Waals surface area contributed by atoms with Crippen LogP contribution in [0.3, 0.4) is 0 Å². The lowest BCUT2D eigenvalue weighted by Crippen LogP contribution is -2.47. The molecule has 0 atom stereocenters. The molecule has 0 amide bonds. The first kappa shape index (κ1) is 20.3. The predicted molar refractivity (Wildman–Crippen MR) is 109 cm³/mol. The van der Waals surface area contributed by atoms with E-state index in [0.29, 0.717) is 18.4 Å². The molecule has 1 saturated carbocycles. The Bertz CT molecular complexity index is 876. The second-order valence-corrected chi connectivity index (χ2v) is 8.10. The second kappa shape index (κ2) is 8.06. The highest BCUT2D eigenvalue weighted by Crippen LogP contribution is 2.38. The van der Waals surface area contributed by atoms with Crippen LogP contribution in [0.1, 0.15) is 37.7 Å². The summed E-state index contributed by atoms with van der Waals surface area (Å²) >= 11 is 0. The Morgan fingerprint density at radius 1 is 1.03 bits per heavy atom. The minimum atomic E-state index is -1.16. The number of ether oxygens (including phenoxy) is 2. The van der Waals surface area contributed by atoms with Crippen LogP contribution in [-0.2, 0) is 19.1 Å². The summed E-state index contributed by atoms with van der Waals surface area (Å²) in [5.74, 6) is -2.62. The minimum absolute atomic E-state index is 0.110. The lowest BCUT2D eigenvalue weighted by atomic mass is 9.93. The quantitative estimate of drug-likeness (QED) is 0.244. The zero-order valence-electron chi connectivity index (χ0n) is 17.0. The third kappa shape index (κ3) is 4.02. The zero-order chi connectivity index (χ0) is 21.3. The third-order valence-corrected chi connectivity index (χ3v) is 5.98. The fourth-order valence-corrected chi connectivity index (χ4v) is 4.23. The lowest BCUT2D eigenvalue weighted by molar-refractivity contribution is -0.384. The number of nitro benzene ring substituents is 1. The number of benzene rings is 1. The molecule has 1 aromatic carbocycles. The maximum Gasteiger partial charge on any atom is 0.348 e. The number of hydrogen-bond acceptors (Lipinski definition) is 8. The first-order chi connectivity index (χ1) is 14.4. The molecular weight excluding hydrogens is 390 g/mol. The van der Waals surface area contributed by atoms with Crippen molar-refractivity contribution in [2.75, 3.05) is 38.1 Å². The van der Waals surface area contributed by atoms with Gasteiger partial charge in [-0.25, -0.2) is 9.59 Å². The molecule has 3 aliphatic rings. The van der Waals surface area contributed by atoms with Crippen molar-refractivity contribution in [2.24, 2.45) is 0 Å². The monoisotopic (exact) mass is 415 g/mol. The molecule has 2 aliphatic heterocycles. The van der Waals surface area contributed by atoms with Gasteiger partial charge in [-0.05, 0) is 32.0 Å². The van der Waals surface area contributed by atoms with E-state index in [1.54, 1.807) is 6.07 Å². The summed E-state index contributed by atoms with van der Waals surface area (Å²) in [7, 11) is 2.03. The van der Waals surface area contributed by atoms with Crippen LogP contribution in [0.4, 0.5) is 11.4 Å². The van der Waals surface area contributed by atoms with Gasteiger partial charge < -0.3 is 19.3 Å². The average molecular weight is 415 g/mol. The van der Waals surface area contributed by atoms with Crippen LogP contribution in [0, 0.1) is 10.1 Å². The Balaban J connectivity index is 1.67. The molecule has 0 aromatic heterocycles. The van der Waals surface area contributed by atoms with Gasteiger partial charge in [0.25, 0.3) is 11.5 Å². The Hall–Kier alpha value is -2.94. The van der Waals surface area contributed by atoms with Gasteiger partial charge in [0.1, 0.15) is 5.57 Å². The molecule has 0 bridgehead atoms. The lowest BCUT2D eigenvalue weighted by Gasteiger charge is -2.38. The van der Waals surface area contributed by atoms with Gasteiger partial charge in [0.15, 0.2) is 0 Å². The van der Waals surface area contributed by atoms with Gasteiger partial charge in [-0.1, -0.05) is 6.42 Å². The number of nitrogens with zero attached hydrogens (tertiary/aromatic N) is 3. The summed E-state index contributed by atoms with van der Waals surface area (Å²) in [4.78, 5) is 40.5. The van der Waals surface area contributed by atoms with Gasteiger partial charge in [-0.3, -0.25) is 10.1 Å². The molecule has 3 fully saturated rings. The highest BCUT2D eigenvalue weighted by Gasteiger charge is 2.46. The summed E-state index contributed by atoms with van der Waals surface area (Å²) in [6.45, 7) is 3.17. The molecule has 1 aromatic rings. The number of carbonyl (C=O) groups excluding carboxylic acids is 2. The highest BCUT2D eigenvalue weighted by atomic mass is 16.7. The molecule has 160 valence electrons. The molecule has 2 heterocycles. The van der Waals surface area contributed by atoms with E-state index in [1.165, 1.54) is 18.2 Å². The Kier molecular flexibility index (Phi) is 5.46. The number of piperazine rings is 1. The first-order valence-electron chi connectivity index (χ1n) is 10.3. The van der Waals surface area contributed by atoms with Crippen LogP contribution in [0.25, 0.3) is 6.08 Å².